The largest absolute Gasteiger partial charge is 0.486 e. The lowest BCUT2D eigenvalue weighted by Gasteiger charge is -2.18. The molecule has 180 valence electrons. The summed E-state index contributed by atoms with van der Waals surface area (Å²) in [6.07, 6.45) is 0.680. The lowest BCUT2D eigenvalue weighted by molar-refractivity contribution is -0.118. The summed E-state index contributed by atoms with van der Waals surface area (Å²) >= 11 is 2.78. The topological polar surface area (TPSA) is 82.4 Å². The van der Waals surface area contributed by atoms with Gasteiger partial charge in [-0.05, 0) is 55.7 Å². The first-order valence-electron chi connectivity index (χ1n) is 11.4. The number of ether oxygens (including phenoxy) is 2. The van der Waals surface area contributed by atoms with E-state index in [2.05, 4.69) is 5.32 Å². The average molecular weight is 508 g/mol. The highest BCUT2D eigenvalue weighted by atomic mass is 32.2. The van der Waals surface area contributed by atoms with E-state index in [4.69, 9.17) is 14.5 Å². The third-order valence-corrected chi connectivity index (χ3v) is 7.90. The zero-order valence-electron chi connectivity index (χ0n) is 19.5. The van der Waals surface area contributed by atoms with Crippen molar-refractivity contribution in [2.45, 2.75) is 25.4 Å². The zero-order valence-corrected chi connectivity index (χ0v) is 21.1. The van der Waals surface area contributed by atoms with Crippen LogP contribution in [0.25, 0.3) is 15.9 Å². The molecule has 7 nitrogen and oxygen atoms in total. The third kappa shape index (κ3) is 4.92. The number of rotatable bonds is 7. The summed E-state index contributed by atoms with van der Waals surface area (Å²) in [6, 6.07) is 15.3. The highest BCUT2D eigenvalue weighted by Gasteiger charge is 2.19. The smallest absolute Gasteiger partial charge is 0.267 e. The maximum absolute atomic E-state index is 13.5. The van der Waals surface area contributed by atoms with Gasteiger partial charge in [-0.1, -0.05) is 36.0 Å². The van der Waals surface area contributed by atoms with Crippen LogP contribution in [0.2, 0.25) is 0 Å². The molecule has 35 heavy (non-hydrogen) atoms. The predicted molar refractivity (Wildman–Crippen MR) is 140 cm³/mol. The number of nitrogens with zero attached hydrogens (tertiary/aromatic N) is 2. The van der Waals surface area contributed by atoms with E-state index in [0.717, 1.165) is 33.2 Å². The van der Waals surface area contributed by atoms with Crippen LogP contribution in [-0.4, -0.2) is 41.0 Å². The SMILES string of the molecule is Cc1sc2nc(SCC(=O)NCCc3ccc4c(c3)OCCO4)n(-c3ccccc3)c(=O)c2c1C. The van der Waals surface area contributed by atoms with Gasteiger partial charge < -0.3 is 14.8 Å². The Morgan fingerprint density at radius 1 is 1.11 bits per heavy atom. The normalized spacial score (nSPS) is 12.6. The average Bonchev–Trinajstić information content (AvgIpc) is 3.16. The second-order valence-electron chi connectivity index (χ2n) is 8.20. The molecule has 9 heteroatoms. The minimum atomic E-state index is -0.111. The van der Waals surface area contributed by atoms with Crippen LogP contribution in [0.1, 0.15) is 16.0 Å². The van der Waals surface area contributed by atoms with Gasteiger partial charge in [-0.15, -0.1) is 11.3 Å². The Hall–Kier alpha value is -3.30. The first-order valence-corrected chi connectivity index (χ1v) is 13.2. The second kappa shape index (κ2) is 10.1. The van der Waals surface area contributed by atoms with E-state index in [-0.39, 0.29) is 17.2 Å². The van der Waals surface area contributed by atoms with E-state index in [1.165, 1.54) is 23.1 Å². The van der Waals surface area contributed by atoms with Crippen LogP contribution in [-0.2, 0) is 11.2 Å². The first kappa shape index (κ1) is 23.4. The summed E-state index contributed by atoms with van der Waals surface area (Å²) in [5.41, 5.74) is 2.65. The fourth-order valence-electron chi connectivity index (χ4n) is 3.95. The van der Waals surface area contributed by atoms with Gasteiger partial charge in [0.1, 0.15) is 18.0 Å². The van der Waals surface area contributed by atoms with E-state index in [1.807, 2.05) is 62.4 Å². The number of benzene rings is 2. The summed E-state index contributed by atoms with van der Waals surface area (Å²) in [6.45, 7) is 5.55. The van der Waals surface area contributed by atoms with Crippen LogP contribution in [0.5, 0.6) is 11.5 Å². The number of hydrogen-bond donors (Lipinski definition) is 1. The molecule has 2 aromatic carbocycles. The van der Waals surface area contributed by atoms with Crippen LogP contribution < -0.4 is 20.3 Å². The van der Waals surface area contributed by atoms with Crippen molar-refractivity contribution in [2.75, 3.05) is 25.5 Å². The van der Waals surface area contributed by atoms with E-state index in [1.54, 1.807) is 4.57 Å². The van der Waals surface area contributed by atoms with Crippen molar-refractivity contribution >= 4 is 39.2 Å². The van der Waals surface area contributed by atoms with Crippen molar-refractivity contribution in [3.8, 4) is 17.2 Å². The Kier molecular flexibility index (Phi) is 6.79. The zero-order chi connectivity index (χ0) is 24.4. The lowest BCUT2D eigenvalue weighted by atomic mass is 10.1. The molecule has 1 amide bonds. The van der Waals surface area contributed by atoms with Gasteiger partial charge in [0.05, 0.1) is 16.8 Å². The molecular formula is C26H25N3O4S2. The molecule has 0 fully saturated rings. The highest BCUT2D eigenvalue weighted by Crippen LogP contribution is 2.31. The number of carbonyl (C=O) groups excluding carboxylic acids is 1. The van der Waals surface area contributed by atoms with Gasteiger partial charge in [-0.25, -0.2) is 4.98 Å². The van der Waals surface area contributed by atoms with E-state index < -0.39 is 0 Å². The Balaban J connectivity index is 1.29. The minimum Gasteiger partial charge on any atom is -0.486 e. The van der Waals surface area contributed by atoms with Crippen molar-refractivity contribution in [1.82, 2.24) is 14.9 Å². The number of carbonyl (C=O) groups is 1. The number of nitrogens with one attached hydrogen (secondary N) is 1. The van der Waals surface area contributed by atoms with Gasteiger partial charge >= 0.3 is 0 Å². The number of para-hydroxylation sites is 1. The van der Waals surface area contributed by atoms with Crippen molar-refractivity contribution in [2.24, 2.45) is 0 Å². The fourth-order valence-corrected chi connectivity index (χ4v) is 5.86. The maximum Gasteiger partial charge on any atom is 0.267 e. The molecule has 0 saturated carbocycles. The molecule has 5 rings (SSSR count). The van der Waals surface area contributed by atoms with Gasteiger partial charge in [-0.2, -0.15) is 0 Å². The quantitative estimate of drug-likeness (QED) is 0.297. The molecule has 2 aromatic heterocycles. The summed E-state index contributed by atoms with van der Waals surface area (Å²) in [4.78, 5) is 32.6. The summed E-state index contributed by atoms with van der Waals surface area (Å²) in [5.74, 6) is 1.55. The van der Waals surface area contributed by atoms with Gasteiger partial charge in [0.15, 0.2) is 16.7 Å². The van der Waals surface area contributed by atoms with Gasteiger partial charge in [0.25, 0.3) is 5.56 Å². The molecule has 4 aromatic rings. The van der Waals surface area contributed by atoms with Crippen molar-refractivity contribution in [1.29, 1.82) is 0 Å². The monoisotopic (exact) mass is 507 g/mol. The molecule has 3 heterocycles. The number of thiophene rings is 1. The van der Waals surface area contributed by atoms with Gasteiger partial charge in [0.2, 0.25) is 5.91 Å². The number of hydrogen-bond acceptors (Lipinski definition) is 7. The minimum absolute atomic E-state index is 0.107. The molecule has 1 aliphatic heterocycles. The lowest BCUT2D eigenvalue weighted by Crippen LogP contribution is -2.28. The Morgan fingerprint density at radius 2 is 1.89 bits per heavy atom. The Morgan fingerprint density at radius 3 is 2.69 bits per heavy atom. The molecule has 0 saturated heterocycles. The van der Waals surface area contributed by atoms with Crippen molar-refractivity contribution < 1.29 is 14.3 Å². The van der Waals surface area contributed by atoms with E-state index in [9.17, 15) is 9.59 Å². The number of fused-ring (bicyclic) bond motifs is 2. The molecular weight excluding hydrogens is 482 g/mol. The number of aromatic nitrogens is 2. The molecule has 0 radical (unpaired) electrons. The van der Waals surface area contributed by atoms with Gasteiger partial charge in [0, 0.05) is 11.4 Å². The Labute approximate surface area is 211 Å². The van der Waals surface area contributed by atoms with Crippen LogP contribution in [0, 0.1) is 13.8 Å². The molecule has 0 spiro atoms. The van der Waals surface area contributed by atoms with Crippen LogP contribution in [0.15, 0.2) is 58.5 Å². The fraction of sp³-hybridized carbons (Fsp3) is 0.269. The standard InChI is InChI=1S/C26H25N3O4S2/c1-16-17(2)35-24-23(16)25(31)29(19-6-4-3-5-7-19)26(28-24)34-15-22(30)27-11-10-18-8-9-20-21(14-18)33-13-12-32-20/h3-9,14H,10-13,15H2,1-2H3,(H,27,30). The first-order chi connectivity index (χ1) is 17.0. The van der Waals surface area contributed by atoms with E-state index >= 15 is 0 Å². The molecule has 1 aliphatic rings. The summed E-state index contributed by atoms with van der Waals surface area (Å²) < 4.78 is 12.8. The molecule has 1 N–H and O–H groups in total. The highest BCUT2D eigenvalue weighted by molar-refractivity contribution is 7.99. The maximum atomic E-state index is 13.5. The summed E-state index contributed by atoms with van der Waals surface area (Å²) in [7, 11) is 0. The van der Waals surface area contributed by atoms with Crippen molar-refractivity contribution in [3.05, 3.63) is 74.9 Å². The van der Waals surface area contributed by atoms with Gasteiger partial charge in [-0.3, -0.25) is 14.2 Å². The number of amides is 1. The predicted octanol–water partition coefficient (Wildman–Crippen LogP) is 4.29. The molecule has 0 aliphatic carbocycles. The Bertz CT molecular complexity index is 1450. The molecule has 0 bridgehead atoms. The summed E-state index contributed by atoms with van der Waals surface area (Å²) in [5, 5.41) is 4.12. The second-order valence-corrected chi connectivity index (χ2v) is 10.3. The third-order valence-electron chi connectivity index (χ3n) is 5.86. The van der Waals surface area contributed by atoms with E-state index in [0.29, 0.717) is 41.6 Å². The number of thioether (sulfide) groups is 1. The molecule has 0 unspecified atom stereocenters. The van der Waals surface area contributed by atoms with Crippen LogP contribution in [0.4, 0.5) is 0 Å². The number of aryl methyl sites for hydroxylation is 2. The van der Waals surface area contributed by atoms with Crippen LogP contribution >= 0.6 is 23.1 Å². The van der Waals surface area contributed by atoms with Crippen LogP contribution in [0.3, 0.4) is 0 Å². The van der Waals surface area contributed by atoms with Crippen molar-refractivity contribution in [3.63, 3.8) is 0 Å². The molecule has 0 atom stereocenters.